The Labute approximate surface area is 240 Å². The molecule has 212 valence electrons. The van der Waals surface area contributed by atoms with Gasteiger partial charge in [-0.25, -0.2) is 0 Å². The number of fused-ring (bicyclic) bond motifs is 1. The number of hydrogen-bond acceptors (Lipinski definition) is 6. The second-order valence-corrected chi connectivity index (χ2v) is 12.6. The third kappa shape index (κ3) is 4.61. The predicted molar refractivity (Wildman–Crippen MR) is 155 cm³/mol. The van der Waals surface area contributed by atoms with Crippen molar-refractivity contribution in [1.29, 1.82) is 0 Å². The first-order chi connectivity index (χ1) is 19.8. The van der Waals surface area contributed by atoms with E-state index in [0.29, 0.717) is 41.5 Å². The van der Waals surface area contributed by atoms with Crippen molar-refractivity contribution in [3.05, 3.63) is 53.1 Å². The molecule has 1 unspecified atom stereocenters. The molecule has 7 rings (SSSR count). The Bertz CT molecular complexity index is 1490. The maximum Gasteiger partial charge on any atom is 0.255 e. The smallest absolute Gasteiger partial charge is 0.255 e. The van der Waals surface area contributed by atoms with Crippen LogP contribution in [-0.4, -0.2) is 48.9 Å². The fraction of sp³-hybridized carbons (Fsp3) is 0.485. The number of carbonyl (C=O) groups is 3. The zero-order chi connectivity index (χ0) is 28.3. The summed E-state index contributed by atoms with van der Waals surface area (Å²) in [5, 5.41) is 2.37. The van der Waals surface area contributed by atoms with Crippen molar-refractivity contribution in [3.8, 4) is 17.6 Å². The minimum absolute atomic E-state index is 0.149. The minimum Gasteiger partial charge on any atom is -0.495 e. The molecule has 3 amide bonds. The Morgan fingerprint density at radius 1 is 1.10 bits per heavy atom. The third-order valence-electron chi connectivity index (χ3n) is 10.2. The lowest BCUT2D eigenvalue weighted by atomic mass is 9.56. The van der Waals surface area contributed by atoms with E-state index in [0.717, 1.165) is 35.9 Å². The van der Waals surface area contributed by atoms with E-state index >= 15 is 0 Å². The van der Waals surface area contributed by atoms with E-state index in [1.165, 1.54) is 37.8 Å². The normalized spacial score (nSPS) is 26.7. The van der Waals surface area contributed by atoms with Gasteiger partial charge in [-0.3, -0.25) is 19.7 Å². The van der Waals surface area contributed by atoms with Crippen LogP contribution in [0, 0.1) is 35.0 Å². The number of methoxy groups -OCH3 is 1. The Kier molecular flexibility index (Phi) is 6.22. The monoisotopic (exact) mass is 552 g/mol. The van der Waals surface area contributed by atoms with Crippen molar-refractivity contribution in [2.45, 2.75) is 57.5 Å². The molecular weight excluding hydrogens is 516 g/mol. The summed E-state index contributed by atoms with van der Waals surface area (Å²) in [6, 6.07) is 11.1. The Hall–Kier alpha value is -3.99. The number of hydrogen-bond donors (Lipinski definition) is 2. The summed E-state index contributed by atoms with van der Waals surface area (Å²) in [7, 11) is 1.66. The molecule has 0 radical (unpaired) electrons. The number of nitrogens with zero attached hydrogens (tertiary/aromatic N) is 2. The van der Waals surface area contributed by atoms with Crippen LogP contribution < -0.4 is 20.7 Å². The summed E-state index contributed by atoms with van der Waals surface area (Å²) in [5.74, 6) is 8.74. The Morgan fingerprint density at radius 2 is 1.90 bits per heavy atom. The molecule has 4 fully saturated rings. The molecule has 1 spiro atoms. The first-order valence-electron chi connectivity index (χ1n) is 14.8. The van der Waals surface area contributed by atoms with Gasteiger partial charge in [0, 0.05) is 54.9 Å². The van der Waals surface area contributed by atoms with E-state index in [1.54, 1.807) is 12.0 Å². The molecule has 0 aromatic heterocycles. The van der Waals surface area contributed by atoms with Gasteiger partial charge in [-0.2, -0.15) is 0 Å². The lowest BCUT2D eigenvalue weighted by Gasteiger charge is -2.53. The van der Waals surface area contributed by atoms with Crippen LogP contribution in [0.1, 0.15) is 66.4 Å². The van der Waals surface area contributed by atoms with E-state index in [9.17, 15) is 14.4 Å². The molecule has 3 atom stereocenters. The molecule has 41 heavy (non-hydrogen) atoms. The molecule has 5 aliphatic rings. The van der Waals surface area contributed by atoms with E-state index in [4.69, 9.17) is 10.5 Å². The predicted octanol–water partition coefficient (Wildman–Crippen LogP) is 3.72. The molecule has 2 aliphatic carbocycles. The number of ether oxygens (including phenoxy) is 1. The average molecular weight is 553 g/mol. The number of rotatable bonds is 4. The van der Waals surface area contributed by atoms with Crippen molar-refractivity contribution in [2.24, 2.45) is 23.2 Å². The molecule has 3 heterocycles. The number of benzene rings is 2. The molecule has 2 saturated heterocycles. The number of piperidine rings is 2. The molecule has 2 aromatic carbocycles. The molecule has 2 aromatic rings. The van der Waals surface area contributed by atoms with Crippen molar-refractivity contribution in [3.63, 3.8) is 0 Å². The minimum atomic E-state index is -0.603. The van der Waals surface area contributed by atoms with Gasteiger partial charge in [-0.1, -0.05) is 17.9 Å². The zero-order valence-corrected chi connectivity index (χ0v) is 23.4. The molecule has 3 N–H and O–H groups in total. The van der Waals surface area contributed by atoms with Crippen LogP contribution in [0.2, 0.25) is 0 Å². The van der Waals surface area contributed by atoms with Gasteiger partial charge in [-0.05, 0) is 85.6 Å². The molecule has 2 saturated carbocycles. The van der Waals surface area contributed by atoms with Gasteiger partial charge >= 0.3 is 0 Å². The molecule has 3 aliphatic heterocycles. The molecule has 8 nitrogen and oxygen atoms in total. The summed E-state index contributed by atoms with van der Waals surface area (Å²) in [5.41, 5.74) is 10.8. The van der Waals surface area contributed by atoms with Crippen molar-refractivity contribution < 1.29 is 19.1 Å². The SMILES string of the molecule is COc1cc(N2CCC3(CC2)CC([C@H]2C[C@@H]2C#Cc2cccc4c2CN(C2CCC(=O)NC2=O)C4=O)C3)ccc1N. The van der Waals surface area contributed by atoms with Crippen LogP contribution in [0.5, 0.6) is 5.75 Å². The highest BCUT2D eigenvalue weighted by Crippen LogP contribution is 2.61. The summed E-state index contributed by atoms with van der Waals surface area (Å²) in [6.07, 6.45) is 6.87. The standard InChI is InChI=1S/C33H36N4O4/c1-41-29-16-23(7-8-27(29)34)36-13-11-33(12-14-36)17-22(18-33)25-15-21(25)6-5-20-3-2-4-24-26(20)19-37(32(24)40)28-9-10-30(38)35-31(28)39/h2-4,7-8,16,21-22,25,28H,9-15,17-19,34H2,1H3,(H,35,38,39)/t21-,25-,28?/m0/s1. The van der Waals surface area contributed by atoms with Crippen LogP contribution in [-0.2, 0) is 16.1 Å². The maximum atomic E-state index is 13.1. The largest absolute Gasteiger partial charge is 0.495 e. The van der Waals surface area contributed by atoms with Crippen molar-refractivity contribution >= 4 is 29.1 Å². The van der Waals surface area contributed by atoms with E-state index in [1.807, 2.05) is 24.3 Å². The molecule has 8 heteroatoms. The van der Waals surface area contributed by atoms with Crippen LogP contribution in [0.3, 0.4) is 0 Å². The van der Waals surface area contributed by atoms with Gasteiger partial charge in [0.2, 0.25) is 11.8 Å². The third-order valence-corrected chi connectivity index (χ3v) is 10.2. The fourth-order valence-electron chi connectivity index (χ4n) is 7.67. The van der Waals surface area contributed by atoms with Crippen molar-refractivity contribution in [2.75, 3.05) is 30.8 Å². The van der Waals surface area contributed by atoms with Crippen LogP contribution >= 0.6 is 0 Å². The molecule has 0 bridgehead atoms. The second kappa shape index (κ2) is 9.83. The summed E-state index contributed by atoms with van der Waals surface area (Å²) in [6.45, 7) is 2.51. The van der Waals surface area contributed by atoms with Crippen molar-refractivity contribution in [1.82, 2.24) is 10.2 Å². The Morgan fingerprint density at radius 3 is 2.66 bits per heavy atom. The highest BCUT2D eigenvalue weighted by atomic mass is 16.5. The van der Waals surface area contributed by atoms with Gasteiger partial charge in [0.1, 0.15) is 11.8 Å². The fourth-order valence-corrected chi connectivity index (χ4v) is 7.67. The van der Waals surface area contributed by atoms with Gasteiger partial charge in [0.15, 0.2) is 0 Å². The highest BCUT2D eigenvalue weighted by Gasteiger charge is 2.54. The lowest BCUT2D eigenvalue weighted by molar-refractivity contribution is -0.136. The number of nitrogen functional groups attached to an aromatic ring is 1. The van der Waals surface area contributed by atoms with E-state index < -0.39 is 6.04 Å². The van der Waals surface area contributed by atoms with E-state index in [-0.39, 0.29) is 24.1 Å². The topological polar surface area (TPSA) is 105 Å². The number of nitrogens with two attached hydrogens (primary N) is 1. The first kappa shape index (κ1) is 25.9. The summed E-state index contributed by atoms with van der Waals surface area (Å²) >= 11 is 0. The number of carbonyl (C=O) groups excluding carboxylic acids is 3. The quantitative estimate of drug-likeness (QED) is 0.340. The van der Waals surface area contributed by atoms with Crippen LogP contribution in [0.25, 0.3) is 0 Å². The second-order valence-electron chi connectivity index (χ2n) is 12.6. The number of amides is 3. The number of nitrogens with one attached hydrogen (secondary N) is 1. The van der Waals surface area contributed by atoms with Gasteiger partial charge in [0.25, 0.3) is 5.91 Å². The van der Waals surface area contributed by atoms with Crippen LogP contribution in [0.15, 0.2) is 36.4 Å². The number of imide groups is 1. The van der Waals surface area contributed by atoms with Gasteiger partial charge in [0.05, 0.1) is 12.8 Å². The average Bonchev–Trinajstić information content (AvgIpc) is 3.65. The zero-order valence-electron chi connectivity index (χ0n) is 23.4. The van der Waals surface area contributed by atoms with Crippen LogP contribution in [0.4, 0.5) is 11.4 Å². The summed E-state index contributed by atoms with van der Waals surface area (Å²) < 4.78 is 5.41. The lowest BCUT2D eigenvalue weighted by Crippen LogP contribution is -2.52. The maximum absolute atomic E-state index is 13.1. The number of anilines is 2. The highest BCUT2D eigenvalue weighted by molar-refractivity contribution is 6.05. The van der Waals surface area contributed by atoms with E-state index in [2.05, 4.69) is 34.2 Å². The first-order valence-corrected chi connectivity index (χ1v) is 14.8. The molecular formula is C33H36N4O4. The summed E-state index contributed by atoms with van der Waals surface area (Å²) in [4.78, 5) is 41.1. The van der Waals surface area contributed by atoms with Gasteiger partial charge < -0.3 is 20.3 Å². The van der Waals surface area contributed by atoms with Gasteiger partial charge in [-0.15, -0.1) is 0 Å². The Balaban J connectivity index is 0.943.